The molecule has 2 bridgehead atoms. The fraction of sp³-hybridized carbons (Fsp3) is 0.750. The highest BCUT2D eigenvalue weighted by Crippen LogP contribution is 2.65. The summed E-state index contributed by atoms with van der Waals surface area (Å²) in [7, 11) is 1.65. The standard InChI is InChI=1S/C32H49NO10/c1-3-9-33-10-8-31-28-24-4-5-25(34)29(28)43-30(31)26(6-7-32(31,35)27(33)23-24)42-22-21-41-20-19-40-18-17-39-16-15-38-14-13-37-12-11-36-2/h3-5,26-27,30,34-35H,1,6-23H2,2H3/t26-,27+,30-,31-,32+/m0/s1. The maximum atomic E-state index is 12.4. The van der Waals surface area contributed by atoms with E-state index in [1.807, 2.05) is 12.1 Å². The zero-order valence-electron chi connectivity index (χ0n) is 25.5. The maximum Gasteiger partial charge on any atom is 0.165 e. The number of benzene rings is 1. The average Bonchev–Trinajstić information content (AvgIpc) is 3.36. The zero-order chi connectivity index (χ0) is 30.1. The Kier molecular flexibility index (Phi) is 11.7. The van der Waals surface area contributed by atoms with Crippen LogP contribution in [0.25, 0.3) is 0 Å². The Bertz CT molecular complexity index is 1040. The molecule has 5 rings (SSSR count). The van der Waals surface area contributed by atoms with Crippen LogP contribution in [-0.2, 0) is 45.0 Å². The number of hydrogen-bond donors (Lipinski definition) is 2. The van der Waals surface area contributed by atoms with Crippen molar-refractivity contribution >= 4 is 0 Å². The van der Waals surface area contributed by atoms with Crippen molar-refractivity contribution < 1.29 is 48.1 Å². The van der Waals surface area contributed by atoms with E-state index in [1.165, 1.54) is 0 Å². The minimum atomic E-state index is -0.950. The van der Waals surface area contributed by atoms with Crippen molar-refractivity contribution in [1.29, 1.82) is 0 Å². The second-order valence-electron chi connectivity index (χ2n) is 11.6. The maximum absolute atomic E-state index is 12.4. The van der Waals surface area contributed by atoms with Crippen LogP contribution in [0.5, 0.6) is 11.5 Å². The van der Waals surface area contributed by atoms with Crippen LogP contribution in [0, 0.1) is 0 Å². The zero-order valence-corrected chi connectivity index (χ0v) is 25.5. The Hall–Kier alpha value is -1.80. The molecule has 2 N–H and O–H groups in total. The second kappa shape index (κ2) is 15.5. The number of ether oxygens (including phenoxy) is 8. The largest absolute Gasteiger partial charge is 0.504 e. The summed E-state index contributed by atoms with van der Waals surface area (Å²) in [6, 6.07) is 3.69. The number of hydrogen-bond acceptors (Lipinski definition) is 11. The number of phenolic OH excluding ortho intramolecular Hbond substituents is 1. The molecule has 2 aliphatic carbocycles. The summed E-state index contributed by atoms with van der Waals surface area (Å²) in [5, 5.41) is 23.1. The highest BCUT2D eigenvalue weighted by molar-refractivity contribution is 5.62. The Balaban J connectivity index is 0.995. The number of aliphatic hydroxyl groups is 1. The lowest BCUT2D eigenvalue weighted by atomic mass is 9.48. The van der Waals surface area contributed by atoms with Gasteiger partial charge in [0.25, 0.3) is 0 Å². The Morgan fingerprint density at radius 1 is 0.907 bits per heavy atom. The van der Waals surface area contributed by atoms with E-state index in [9.17, 15) is 10.2 Å². The molecule has 0 aromatic heterocycles. The lowest BCUT2D eigenvalue weighted by Crippen LogP contribution is -2.77. The van der Waals surface area contributed by atoms with E-state index < -0.39 is 11.0 Å². The molecule has 2 fully saturated rings. The SMILES string of the molecule is C=CCN1CC[C@]23c4c5ccc(O)c4O[C@H]2[C@@H](OCCOCCOCCOCCOCCOCCOC)CC[C@@]3(O)[C@H]1C5. The first-order valence-electron chi connectivity index (χ1n) is 15.7. The van der Waals surface area contributed by atoms with Gasteiger partial charge in [0.05, 0.1) is 96.4 Å². The molecular weight excluding hydrogens is 558 g/mol. The highest BCUT2D eigenvalue weighted by Gasteiger charge is 2.73. The van der Waals surface area contributed by atoms with Crippen LogP contribution in [-0.4, -0.2) is 138 Å². The molecule has 2 heterocycles. The van der Waals surface area contributed by atoms with Gasteiger partial charge in [0.2, 0.25) is 0 Å². The molecule has 1 aromatic rings. The second-order valence-corrected chi connectivity index (χ2v) is 11.6. The lowest BCUT2D eigenvalue weighted by molar-refractivity contribution is -0.215. The van der Waals surface area contributed by atoms with E-state index in [4.69, 9.17) is 37.9 Å². The molecule has 1 spiro atoms. The van der Waals surface area contributed by atoms with Gasteiger partial charge in [0, 0.05) is 25.3 Å². The van der Waals surface area contributed by atoms with Crippen molar-refractivity contribution in [3.05, 3.63) is 35.9 Å². The number of rotatable bonds is 21. The number of likely N-dealkylation sites (tertiary alicyclic amines) is 1. The first-order valence-corrected chi connectivity index (χ1v) is 15.7. The van der Waals surface area contributed by atoms with Gasteiger partial charge in [-0.05, 0) is 43.9 Å². The van der Waals surface area contributed by atoms with Gasteiger partial charge in [-0.2, -0.15) is 0 Å². The molecule has 2 aliphatic heterocycles. The number of phenols is 1. The molecule has 11 heteroatoms. The summed E-state index contributed by atoms with van der Waals surface area (Å²) in [6.07, 6.45) is 4.14. The minimum absolute atomic E-state index is 0.0205. The van der Waals surface area contributed by atoms with E-state index in [2.05, 4.69) is 11.5 Å². The Morgan fingerprint density at radius 2 is 1.51 bits per heavy atom. The molecule has 1 aromatic carbocycles. The monoisotopic (exact) mass is 607 g/mol. The summed E-state index contributed by atoms with van der Waals surface area (Å²) in [6.45, 7) is 11.6. The van der Waals surface area contributed by atoms with Gasteiger partial charge in [-0.3, -0.25) is 4.90 Å². The van der Waals surface area contributed by atoms with Crippen molar-refractivity contribution in [3.63, 3.8) is 0 Å². The van der Waals surface area contributed by atoms with Gasteiger partial charge in [-0.1, -0.05) is 12.1 Å². The molecule has 43 heavy (non-hydrogen) atoms. The van der Waals surface area contributed by atoms with E-state index in [0.29, 0.717) is 97.9 Å². The predicted octanol–water partition coefficient (Wildman–Crippen LogP) is 1.85. The highest BCUT2D eigenvalue weighted by atomic mass is 16.6. The van der Waals surface area contributed by atoms with Gasteiger partial charge < -0.3 is 48.1 Å². The van der Waals surface area contributed by atoms with Crippen LogP contribution in [0.2, 0.25) is 0 Å². The molecule has 5 atom stereocenters. The van der Waals surface area contributed by atoms with Crippen LogP contribution >= 0.6 is 0 Å². The summed E-state index contributed by atoms with van der Waals surface area (Å²) >= 11 is 0. The van der Waals surface area contributed by atoms with E-state index in [1.54, 1.807) is 13.2 Å². The van der Waals surface area contributed by atoms with Gasteiger partial charge in [-0.25, -0.2) is 0 Å². The van der Waals surface area contributed by atoms with Crippen LogP contribution in [0.4, 0.5) is 0 Å². The molecule has 4 aliphatic rings. The van der Waals surface area contributed by atoms with E-state index in [0.717, 1.165) is 37.1 Å². The van der Waals surface area contributed by atoms with Crippen molar-refractivity contribution in [2.75, 3.05) is 99.5 Å². The normalized spacial score (nSPS) is 28.9. The predicted molar refractivity (Wildman–Crippen MR) is 158 cm³/mol. The quantitative estimate of drug-likeness (QED) is 0.158. The number of aromatic hydroxyl groups is 1. The molecule has 11 nitrogen and oxygen atoms in total. The summed E-state index contributed by atoms with van der Waals surface area (Å²) < 4.78 is 45.4. The summed E-state index contributed by atoms with van der Waals surface area (Å²) in [5.41, 5.74) is 0.604. The molecule has 0 unspecified atom stereocenters. The van der Waals surface area contributed by atoms with Crippen molar-refractivity contribution in [2.24, 2.45) is 0 Å². The van der Waals surface area contributed by atoms with Crippen LogP contribution < -0.4 is 4.74 Å². The first-order chi connectivity index (χ1) is 21.1. The summed E-state index contributed by atoms with van der Waals surface area (Å²) in [5.74, 6) is 0.664. The Morgan fingerprint density at radius 3 is 2.12 bits per heavy atom. The number of nitrogens with zero attached hydrogens (tertiary/aromatic N) is 1. The third-order valence-electron chi connectivity index (χ3n) is 9.36. The third kappa shape index (κ3) is 6.75. The van der Waals surface area contributed by atoms with Gasteiger partial charge in [0.1, 0.15) is 6.10 Å². The van der Waals surface area contributed by atoms with Crippen LogP contribution in [0.15, 0.2) is 24.8 Å². The van der Waals surface area contributed by atoms with Gasteiger partial charge >= 0.3 is 0 Å². The van der Waals surface area contributed by atoms with Crippen molar-refractivity contribution in [2.45, 2.75) is 54.9 Å². The van der Waals surface area contributed by atoms with Crippen molar-refractivity contribution in [3.8, 4) is 11.5 Å². The third-order valence-corrected chi connectivity index (χ3v) is 9.36. The first kappa shape index (κ1) is 32.6. The van der Waals surface area contributed by atoms with Gasteiger partial charge in [0.15, 0.2) is 11.5 Å². The molecule has 1 saturated heterocycles. The number of methoxy groups -OCH3 is 1. The fourth-order valence-electron chi connectivity index (χ4n) is 7.52. The smallest absolute Gasteiger partial charge is 0.165 e. The number of piperidine rings is 1. The van der Waals surface area contributed by atoms with Crippen molar-refractivity contribution in [1.82, 2.24) is 4.90 Å². The van der Waals surface area contributed by atoms with E-state index in [-0.39, 0.29) is 24.0 Å². The minimum Gasteiger partial charge on any atom is -0.504 e. The summed E-state index contributed by atoms with van der Waals surface area (Å²) in [4.78, 5) is 2.35. The van der Waals surface area contributed by atoms with Gasteiger partial charge in [-0.15, -0.1) is 6.58 Å². The molecule has 0 amide bonds. The lowest BCUT2D eigenvalue weighted by Gasteiger charge is -2.64. The average molecular weight is 608 g/mol. The van der Waals surface area contributed by atoms with Crippen LogP contribution in [0.1, 0.15) is 30.4 Å². The van der Waals surface area contributed by atoms with E-state index >= 15 is 0 Å². The molecular formula is C32H49NO10. The Labute approximate surface area is 254 Å². The molecule has 242 valence electrons. The topological polar surface area (TPSA) is 118 Å². The van der Waals surface area contributed by atoms with Crippen LogP contribution in [0.3, 0.4) is 0 Å². The molecule has 1 saturated carbocycles. The molecule has 0 radical (unpaired) electrons. The fourth-order valence-corrected chi connectivity index (χ4v) is 7.52.